The van der Waals surface area contributed by atoms with Gasteiger partial charge in [0.05, 0.1) is 6.10 Å². The molecule has 0 bridgehead atoms. The van der Waals surface area contributed by atoms with Crippen molar-refractivity contribution in [1.82, 2.24) is 4.90 Å². The molecule has 0 aromatic carbocycles. The Morgan fingerprint density at radius 3 is 1.89 bits per heavy atom. The second-order valence-electron chi connectivity index (χ2n) is 5.90. The van der Waals surface area contributed by atoms with Crippen LogP contribution < -0.4 is 0 Å². The number of rotatable bonds is 11. The van der Waals surface area contributed by atoms with E-state index in [4.69, 9.17) is 0 Å². The van der Waals surface area contributed by atoms with Gasteiger partial charge in [-0.05, 0) is 33.4 Å². The highest BCUT2D eigenvalue weighted by Crippen LogP contribution is 2.23. The number of likely N-dealkylation sites (N-methyl/N-ethyl adjacent to an activating group) is 1. The predicted molar refractivity (Wildman–Crippen MR) is 81.0 cm³/mol. The van der Waals surface area contributed by atoms with Gasteiger partial charge >= 0.3 is 0 Å². The molecule has 1 unspecified atom stereocenters. The van der Waals surface area contributed by atoms with Crippen LogP contribution in [0.1, 0.15) is 79.6 Å². The summed E-state index contributed by atoms with van der Waals surface area (Å²) in [5, 5.41) is 10.4. The summed E-state index contributed by atoms with van der Waals surface area (Å²) >= 11 is 0. The standard InChI is InChI=1S/C16H35NO/c1-6-9-10-11-12-13-14-15(18)16(4,5)17(7-2)8-3/h15,18H,6-14H2,1-5H3. The number of aliphatic hydroxyl groups excluding tert-OH is 1. The van der Waals surface area contributed by atoms with Gasteiger partial charge < -0.3 is 5.11 Å². The van der Waals surface area contributed by atoms with Crippen LogP contribution in [-0.4, -0.2) is 34.7 Å². The molecule has 0 saturated heterocycles. The van der Waals surface area contributed by atoms with Crippen LogP contribution in [0.2, 0.25) is 0 Å². The Balaban J connectivity index is 3.88. The third kappa shape index (κ3) is 6.19. The zero-order chi connectivity index (χ0) is 14.0. The first kappa shape index (κ1) is 17.9. The summed E-state index contributed by atoms with van der Waals surface area (Å²) in [4.78, 5) is 2.36. The third-order valence-electron chi connectivity index (χ3n) is 4.23. The molecule has 0 aliphatic rings. The summed E-state index contributed by atoms with van der Waals surface area (Å²) in [6, 6.07) is 0. The Kier molecular flexibility index (Phi) is 9.76. The van der Waals surface area contributed by atoms with Crippen LogP contribution >= 0.6 is 0 Å². The highest BCUT2D eigenvalue weighted by atomic mass is 16.3. The van der Waals surface area contributed by atoms with E-state index in [1.165, 1.54) is 32.1 Å². The fourth-order valence-electron chi connectivity index (χ4n) is 2.72. The molecular formula is C16H35NO. The molecule has 0 rings (SSSR count). The largest absolute Gasteiger partial charge is 0.391 e. The summed E-state index contributed by atoms with van der Waals surface area (Å²) in [6.07, 6.45) is 8.50. The zero-order valence-electron chi connectivity index (χ0n) is 13.3. The quantitative estimate of drug-likeness (QED) is 0.560. The molecule has 0 saturated carbocycles. The van der Waals surface area contributed by atoms with E-state index in [0.717, 1.165) is 25.9 Å². The molecule has 0 spiro atoms. The third-order valence-corrected chi connectivity index (χ3v) is 4.23. The highest BCUT2D eigenvalue weighted by molar-refractivity contribution is 4.87. The van der Waals surface area contributed by atoms with Crippen molar-refractivity contribution < 1.29 is 5.11 Å². The second-order valence-corrected chi connectivity index (χ2v) is 5.90. The summed E-state index contributed by atoms with van der Waals surface area (Å²) in [7, 11) is 0. The normalized spacial score (nSPS) is 14.2. The number of aliphatic hydroxyl groups is 1. The number of unbranched alkanes of at least 4 members (excludes halogenated alkanes) is 5. The summed E-state index contributed by atoms with van der Waals surface area (Å²) in [6.45, 7) is 12.9. The van der Waals surface area contributed by atoms with Gasteiger partial charge in [-0.25, -0.2) is 0 Å². The van der Waals surface area contributed by atoms with Gasteiger partial charge in [0.1, 0.15) is 0 Å². The minimum absolute atomic E-state index is 0.0904. The Morgan fingerprint density at radius 1 is 0.889 bits per heavy atom. The minimum atomic E-state index is -0.205. The van der Waals surface area contributed by atoms with Crippen LogP contribution in [0.4, 0.5) is 0 Å². The summed E-state index contributed by atoms with van der Waals surface area (Å²) in [5.41, 5.74) is -0.0904. The predicted octanol–water partition coefficient (Wildman–Crippen LogP) is 4.22. The van der Waals surface area contributed by atoms with Gasteiger partial charge in [0, 0.05) is 5.54 Å². The lowest BCUT2D eigenvalue weighted by Gasteiger charge is -2.41. The van der Waals surface area contributed by atoms with Crippen LogP contribution in [-0.2, 0) is 0 Å². The van der Waals surface area contributed by atoms with Crippen LogP contribution in [0, 0.1) is 0 Å². The van der Waals surface area contributed by atoms with Crippen molar-refractivity contribution >= 4 is 0 Å². The Labute approximate surface area is 115 Å². The molecule has 0 radical (unpaired) electrons. The maximum Gasteiger partial charge on any atom is 0.0718 e. The molecule has 0 heterocycles. The number of hydrogen-bond acceptors (Lipinski definition) is 2. The highest BCUT2D eigenvalue weighted by Gasteiger charge is 2.31. The summed E-state index contributed by atoms with van der Waals surface area (Å²) in [5.74, 6) is 0. The van der Waals surface area contributed by atoms with Gasteiger partial charge in [0.25, 0.3) is 0 Å². The van der Waals surface area contributed by atoms with E-state index < -0.39 is 0 Å². The van der Waals surface area contributed by atoms with E-state index >= 15 is 0 Å². The molecule has 1 N–H and O–H groups in total. The van der Waals surface area contributed by atoms with E-state index in [9.17, 15) is 5.11 Å². The summed E-state index contributed by atoms with van der Waals surface area (Å²) < 4.78 is 0. The van der Waals surface area contributed by atoms with Crippen LogP contribution in [0.3, 0.4) is 0 Å². The fourth-order valence-corrected chi connectivity index (χ4v) is 2.72. The lowest BCUT2D eigenvalue weighted by molar-refractivity contribution is -0.0104. The molecule has 1 atom stereocenters. The molecule has 0 aromatic rings. The van der Waals surface area contributed by atoms with Crippen molar-refractivity contribution in [3.05, 3.63) is 0 Å². The molecule has 18 heavy (non-hydrogen) atoms. The lowest BCUT2D eigenvalue weighted by atomic mass is 9.90. The van der Waals surface area contributed by atoms with E-state index in [1.54, 1.807) is 0 Å². The van der Waals surface area contributed by atoms with Crippen molar-refractivity contribution in [3.8, 4) is 0 Å². The maximum atomic E-state index is 10.4. The smallest absolute Gasteiger partial charge is 0.0718 e. The number of nitrogens with zero attached hydrogens (tertiary/aromatic N) is 1. The van der Waals surface area contributed by atoms with Crippen molar-refractivity contribution in [2.75, 3.05) is 13.1 Å². The van der Waals surface area contributed by atoms with Gasteiger partial charge in [0.15, 0.2) is 0 Å². The zero-order valence-corrected chi connectivity index (χ0v) is 13.3. The molecule has 2 heteroatoms. The Bertz CT molecular complexity index is 188. The van der Waals surface area contributed by atoms with Crippen molar-refractivity contribution in [1.29, 1.82) is 0 Å². The molecule has 0 aromatic heterocycles. The molecule has 0 amide bonds. The minimum Gasteiger partial charge on any atom is -0.391 e. The number of hydrogen-bond donors (Lipinski definition) is 1. The molecular weight excluding hydrogens is 222 g/mol. The Hall–Kier alpha value is -0.0800. The topological polar surface area (TPSA) is 23.5 Å². The van der Waals surface area contributed by atoms with E-state index in [1.807, 2.05) is 0 Å². The van der Waals surface area contributed by atoms with Gasteiger partial charge in [-0.2, -0.15) is 0 Å². The lowest BCUT2D eigenvalue weighted by Crippen LogP contribution is -2.52. The van der Waals surface area contributed by atoms with Crippen molar-refractivity contribution in [3.63, 3.8) is 0 Å². The SMILES string of the molecule is CCCCCCCCC(O)C(C)(C)N(CC)CC. The molecule has 2 nitrogen and oxygen atoms in total. The van der Waals surface area contributed by atoms with E-state index in [0.29, 0.717) is 0 Å². The van der Waals surface area contributed by atoms with Gasteiger partial charge in [0.2, 0.25) is 0 Å². The molecule has 0 aliphatic carbocycles. The molecule has 0 fully saturated rings. The van der Waals surface area contributed by atoms with E-state index in [-0.39, 0.29) is 11.6 Å². The monoisotopic (exact) mass is 257 g/mol. The van der Waals surface area contributed by atoms with Crippen LogP contribution in [0.25, 0.3) is 0 Å². The van der Waals surface area contributed by atoms with Gasteiger partial charge in [-0.15, -0.1) is 0 Å². The van der Waals surface area contributed by atoms with Gasteiger partial charge in [-0.1, -0.05) is 59.3 Å². The first-order chi connectivity index (χ1) is 8.50. The van der Waals surface area contributed by atoms with Crippen LogP contribution in [0.5, 0.6) is 0 Å². The van der Waals surface area contributed by atoms with Gasteiger partial charge in [-0.3, -0.25) is 4.90 Å². The molecule has 110 valence electrons. The Morgan fingerprint density at radius 2 is 1.39 bits per heavy atom. The fraction of sp³-hybridized carbons (Fsp3) is 1.00. The first-order valence-electron chi connectivity index (χ1n) is 7.93. The van der Waals surface area contributed by atoms with Crippen LogP contribution in [0.15, 0.2) is 0 Å². The van der Waals surface area contributed by atoms with Crippen molar-refractivity contribution in [2.24, 2.45) is 0 Å². The average molecular weight is 257 g/mol. The van der Waals surface area contributed by atoms with E-state index in [2.05, 4.69) is 39.5 Å². The van der Waals surface area contributed by atoms with Crippen molar-refractivity contribution in [2.45, 2.75) is 91.2 Å². The first-order valence-corrected chi connectivity index (χ1v) is 7.93. The molecule has 0 aliphatic heterocycles. The maximum absolute atomic E-state index is 10.4. The average Bonchev–Trinajstić information content (AvgIpc) is 2.34. The second kappa shape index (κ2) is 9.80.